The van der Waals surface area contributed by atoms with Crippen LogP contribution in [-0.4, -0.2) is 11.2 Å². The van der Waals surface area contributed by atoms with Gasteiger partial charge in [0.1, 0.15) is 0 Å². The van der Waals surface area contributed by atoms with E-state index in [1.165, 1.54) is 38.5 Å². The van der Waals surface area contributed by atoms with Crippen LogP contribution in [0, 0.1) is 23.7 Å². The lowest BCUT2D eigenvalue weighted by Crippen LogP contribution is -2.17. The van der Waals surface area contributed by atoms with Crippen molar-refractivity contribution in [3.8, 4) is 0 Å². The van der Waals surface area contributed by atoms with Crippen LogP contribution in [0.15, 0.2) is 24.3 Å². The van der Waals surface area contributed by atoms with Gasteiger partial charge in [-0.05, 0) is 49.4 Å². The van der Waals surface area contributed by atoms with E-state index in [0.29, 0.717) is 0 Å². The van der Waals surface area contributed by atoms with Gasteiger partial charge in [0.25, 0.3) is 0 Å². The predicted molar refractivity (Wildman–Crippen MR) is 101 cm³/mol. The lowest BCUT2D eigenvalue weighted by atomic mass is 9.75. The van der Waals surface area contributed by atoms with Gasteiger partial charge < -0.3 is 5.11 Å². The molecule has 0 heterocycles. The van der Waals surface area contributed by atoms with Crippen LogP contribution < -0.4 is 0 Å². The summed E-state index contributed by atoms with van der Waals surface area (Å²) in [5.41, 5.74) is 0.137. The first kappa shape index (κ1) is 20.5. The normalized spacial score (nSPS) is 21.3. The van der Waals surface area contributed by atoms with Crippen LogP contribution in [0.25, 0.3) is 0 Å². The smallest absolute Gasteiger partial charge is 0.0724 e. The van der Waals surface area contributed by atoms with E-state index < -0.39 is 0 Å². The molecule has 1 heteroatoms. The van der Waals surface area contributed by atoms with E-state index in [1.807, 2.05) is 12.2 Å². The molecule has 0 aliphatic heterocycles. The Labute approximate surface area is 145 Å². The molecule has 2 radical (unpaired) electrons. The average Bonchev–Trinajstić information content (AvgIpc) is 2.50. The van der Waals surface area contributed by atoms with E-state index >= 15 is 0 Å². The molecular formula is C22H38O. The summed E-state index contributed by atoms with van der Waals surface area (Å²) < 4.78 is 0. The van der Waals surface area contributed by atoms with Crippen molar-refractivity contribution in [2.24, 2.45) is 17.3 Å². The SMILES string of the molecule is CC(C)CCC[C@H](C)CC[C@H](O)/C=C/C=C/[C@@]1(C)[C]CCCC1. The molecule has 0 unspecified atom stereocenters. The summed E-state index contributed by atoms with van der Waals surface area (Å²) in [6.07, 6.45) is 22.4. The van der Waals surface area contributed by atoms with Crippen molar-refractivity contribution in [2.45, 2.75) is 91.6 Å². The van der Waals surface area contributed by atoms with Crippen LogP contribution >= 0.6 is 0 Å². The van der Waals surface area contributed by atoms with Gasteiger partial charge in [0.15, 0.2) is 0 Å². The third-order valence-corrected chi connectivity index (χ3v) is 4.99. The Hall–Kier alpha value is -0.560. The molecule has 132 valence electrons. The quantitative estimate of drug-likeness (QED) is 0.464. The maximum absolute atomic E-state index is 10.1. The highest BCUT2D eigenvalue weighted by Crippen LogP contribution is 2.35. The van der Waals surface area contributed by atoms with Crippen molar-refractivity contribution in [1.82, 2.24) is 0 Å². The molecule has 0 aromatic heterocycles. The first-order valence-electron chi connectivity index (χ1n) is 9.70. The summed E-state index contributed by atoms with van der Waals surface area (Å²) >= 11 is 0. The highest BCUT2D eigenvalue weighted by atomic mass is 16.3. The fourth-order valence-corrected chi connectivity index (χ4v) is 3.25. The minimum absolute atomic E-state index is 0.137. The Bertz CT molecular complexity index is 347. The standard InChI is InChI=1S/C22H38O/c1-19(2)11-10-12-20(3)14-15-21(23)13-6-9-18-22(4)16-7-5-8-17-22/h6,9,13,18-21,23H,5,7-8,10-12,14-16H2,1-4H3/b13-6+,18-9+/t20-,21+,22+/m0/s1. The van der Waals surface area contributed by atoms with Crippen molar-refractivity contribution >= 4 is 0 Å². The molecule has 0 bridgehead atoms. The molecule has 0 amide bonds. The molecule has 1 nitrogen and oxygen atoms in total. The number of rotatable bonds is 10. The maximum Gasteiger partial charge on any atom is 0.0724 e. The van der Waals surface area contributed by atoms with Gasteiger partial charge in [0.2, 0.25) is 0 Å². The zero-order valence-electron chi connectivity index (χ0n) is 15.9. The number of hydrogen-bond donors (Lipinski definition) is 1. The van der Waals surface area contributed by atoms with Crippen LogP contribution in [0.1, 0.15) is 85.5 Å². The Morgan fingerprint density at radius 2 is 1.83 bits per heavy atom. The second-order valence-electron chi connectivity index (χ2n) is 8.12. The molecule has 0 aromatic carbocycles. The van der Waals surface area contributed by atoms with Crippen molar-refractivity contribution in [1.29, 1.82) is 0 Å². The largest absolute Gasteiger partial charge is 0.389 e. The Morgan fingerprint density at radius 1 is 1.04 bits per heavy atom. The lowest BCUT2D eigenvalue weighted by molar-refractivity contribution is 0.200. The molecule has 1 N–H and O–H groups in total. The Balaban J connectivity index is 2.18. The average molecular weight is 319 g/mol. The monoisotopic (exact) mass is 318 g/mol. The highest BCUT2D eigenvalue weighted by Gasteiger charge is 2.23. The van der Waals surface area contributed by atoms with E-state index in [1.54, 1.807) is 0 Å². The molecule has 1 saturated carbocycles. The maximum atomic E-state index is 10.1. The van der Waals surface area contributed by atoms with Gasteiger partial charge in [0, 0.05) is 0 Å². The van der Waals surface area contributed by atoms with Crippen LogP contribution in [-0.2, 0) is 0 Å². The van der Waals surface area contributed by atoms with Crippen molar-refractivity contribution in [3.63, 3.8) is 0 Å². The minimum Gasteiger partial charge on any atom is -0.389 e. The van der Waals surface area contributed by atoms with Gasteiger partial charge in [-0.1, -0.05) is 84.1 Å². The summed E-state index contributed by atoms with van der Waals surface area (Å²) in [5.74, 6) is 1.53. The molecule has 0 spiro atoms. The van der Waals surface area contributed by atoms with Crippen molar-refractivity contribution in [3.05, 3.63) is 30.7 Å². The third-order valence-electron chi connectivity index (χ3n) is 4.99. The summed E-state index contributed by atoms with van der Waals surface area (Å²) in [4.78, 5) is 0. The number of aliphatic hydroxyl groups is 1. The first-order chi connectivity index (χ1) is 10.9. The van der Waals surface area contributed by atoms with E-state index in [4.69, 9.17) is 0 Å². The predicted octanol–water partition coefficient (Wildman–Crippen LogP) is 6.36. The molecule has 1 aliphatic rings. The molecule has 1 rings (SSSR count). The van der Waals surface area contributed by atoms with Crippen LogP contribution in [0.3, 0.4) is 0 Å². The summed E-state index contributed by atoms with van der Waals surface area (Å²) in [6.45, 7) is 9.14. The van der Waals surface area contributed by atoms with E-state index in [0.717, 1.165) is 31.1 Å². The second kappa shape index (κ2) is 11.1. The second-order valence-corrected chi connectivity index (χ2v) is 8.12. The fraction of sp³-hybridized carbons (Fsp3) is 0.773. The molecular weight excluding hydrogens is 280 g/mol. The molecule has 3 atom stereocenters. The van der Waals surface area contributed by atoms with E-state index in [2.05, 4.69) is 46.3 Å². The fourth-order valence-electron chi connectivity index (χ4n) is 3.25. The van der Waals surface area contributed by atoms with Gasteiger partial charge in [-0.3, -0.25) is 0 Å². The van der Waals surface area contributed by atoms with Gasteiger partial charge >= 0.3 is 0 Å². The summed E-state index contributed by atoms with van der Waals surface area (Å²) in [5, 5.41) is 10.1. The van der Waals surface area contributed by atoms with E-state index in [9.17, 15) is 5.11 Å². The lowest BCUT2D eigenvalue weighted by Gasteiger charge is -2.29. The van der Waals surface area contributed by atoms with Crippen LogP contribution in [0.4, 0.5) is 0 Å². The van der Waals surface area contributed by atoms with Crippen molar-refractivity contribution in [2.75, 3.05) is 0 Å². The van der Waals surface area contributed by atoms with Crippen LogP contribution in [0.2, 0.25) is 0 Å². The minimum atomic E-state index is -0.306. The van der Waals surface area contributed by atoms with Crippen molar-refractivity contribution < 1.29 is 5.11 Å². The Morgan fingerprint density at radius 3 is 2.48 bits per heavy atom. The van der Waals surface area contributed by atoms with Gasteiger partial charge in [-0.2, -0.15) is 0 Å². The highest BCUT2D eigenvalue weighted by molar-refractivity contribution is 5.13. The zero-order valence-corrected chi connectivity index (χ0v) is 15.9. The zero-order chi connectivity index (χ0) is 17.1. The van der Waals surface area contributed by atoms with Gasteiger partial charge in [-0.25, -0.2) is 0 Å². The Kier molecular flexibility index (Phi) is 9.86. The van der Waals surface area contributed by atoms with Gasteiger partial charge in [0.05, 0.1) is 6.10 Å². The molecule has 0 aromatic rings. The van der Waals surface area contributed by atoms with E-state index in [-0.39, 0.29) is 11.5 Å². The number of aliphatic hydroxyl groups excluding tert-OH is 1. The van der Waals surface area contributed by atoms with Gasteiger partial charge in [-0.15, -0.1) is 0 Å². The third kappa shape index (κ3) is 10.0. The summed E-state index contributed by atoms with van der Waals surface area (Å²) in [6, 6.07) is 0. The molecule has 1 fully saturated rings. The number of hydrogen-bond acceptors (Lipinski definition) is 1. The molecule has 1 aliphatic carbocycles. The molecule has 23 heavy (non-hydrogen) atoms. The van der Waals surface area contributed by atoms with Crippen LogP contribution in [0.5, 0.6) is 0 Å². The molecule has 0 saturated heterocycles. The topological polar surface area (TPSA) is 20.2 Å². The first-order valence-corrected chi connectivity index (χ1v) is 9.70. The number of allylic oxidation sites excluding steroid dienone is 3. The summed E-state index contributed by atoms with van der Waals surface area (Å²) in [7, 11) is 0.